The average molecular weight is 525 g/mol. The first-order valence-corrected chi connectivity index (χ1v) is 13.3. The monoisotopic (exact) mass is 524 g/mol. The van der Waals surface area contributed by atoms with E-state index in [0.29, 0.717) is 16.8 Å². The van der Waals surface area contributed by atoms with Gasteiger partial charge < -0.3 is 0 Å². The van der Waals surface area contributed by atoms with Gasteiger partial charge in [0.25, 0.3) is 5.56 Å². The van der Waals surface area contributed by atoms with E-state index in [0.717, 1.165) is 5.39 Å². The molecular formula is C29H24N4O4S. The summed E-state index contributed by atoms with van der Waals surface area (Å²) in [4.78, 5) is 27.1. The number of para-hydroxylation sites is 1. The second-order valence-corrected chi connectivity index (χ2v) is 10.5. The van der Waals surface area contributed by atoms with Crippen molar-refractivity contribution >= 4 is 37.1 Å². The molecule has 0 radical (unpaired) electrons. The lowest BCUT2D eigenvalue weighted by Gasteiger charge is -2.10. The van der Waals surface area contributed by atoms with Crippen molar-refractivity contribution in [3.63, 3.8) is 0 Å². The lowest BCUT2D eigenvalue weighted by Crippen LogP contribution is -2.27. The molecule has 9 heteroatoms. The number of nitrogens with one attached hydrogen (secondary N) is 1. The molecule has 1 aromatic heterocycles. The Morgan fingerprint density at radius 1 is 0.816 bits per heavy atom. The Kier molecular flexibility index (Phi) is 6.52. The fourth-order valence-electron chi connectivity index (χ4n) is 4.29. The van der Waals surface area contributed by atoms with Crippen molar-refractivity contribution in [3.8, 4) is 5.69 Å². The van der Waals surface area contributed by atoms with Crippen molar-refractivity contribution in [3.05, 3.63) is 125 Å². The summed E-state index contributed by atoms with van der Waals surface area (Å²) < 4.78 is 30.4. The highest BCUT2D eigenvalue weighted by Gasteiger charge is 2.31. The number of rotatable bonds is 6. The summed E-state index contributed by atoms with van der Waals surface area (Å²) in [5, 5.41) is 4.76. The van der Waals surface area contributed by atoms with Crippen LogP contribution < -0.4 is 11.0 Å². The predicted octanol–water partition coefficient (Wildman–Crippen LogP) is 4.72. The summed E-state index contributed by atoms with van der Waals surface area (Å²) >= 11 is 0. The molecule has 0 saturated carbocycles. The third-order valence-corrected chi connectivity index (χ3v) is 8.04. The number of fused-ring (bicyclic) bond motifs is 1. The van der Waals surface area contributed by atoms with Crippen molar-refractivity contribution in [1.29, 1.82) is 0 Å². The quantitative estimate of drug-likeness (QED) is 0.150. The molecule has 0 atom stereocenters. The maximum absolute atomic E-state index is 13.8. The smallest absolute Gasteiger partial charge is 0.286 e. The van der Waals surface area contributed by atoms with E-state index in [4.69, 9.17) is 0 Å². The van der Waals surface area contributed by atoms with E-state index in [9.17, 15) is 18.0 Å². The number of Topliss-reactive ketones (excluding diaryl/α,β-unsaturated/α-hetero) is 1. The maximum Gasteiger partial charge on any atom is 0.296 e. The van der Waals surface area contributed by atoms with Crippen molar-refractivity contribution in [2.45, 2.75) is 11.8 Å². The second-order valence-electron chi connectivity index (χ2n) is 8.64. The van der Waals surface area contributed by atoms with E-state index in [-0.39, 0.29) is 16.1 Å². The molecule has 5 aromatic rings. The Labute approximate surface area is 219 Å². The zero-order chi connectivity index (χ0) is 26.9. The van der Waals surface area contributed by atoms with E-state index in [1.54, 1.807) is 73.3 Å². The van der Waals surface area contributed by atoms with E-state index in [2.05, 4.69) is 10.5 Å². The van der Waals surface area contributed by atoms with Crippen molar-refractivity contribution in [1.82, 2.24) is 9.36 Å². The minimum Gasteiger partial charge on any atom is -0.286 e. The Morgan fingerprint density at radius 2 is 1.42 bits per heavy atom. The number of carbonyl (C=O) groups is 1. The first-order chi connectivity index (χ1) is 18.3. The largest absolute Gasteiger partial charge is 0.296 e. The summed E-state index contributed by atoms with van der Waals surface area (Å²) in [6.45, 7) is 1.70. The maximum atomic E-state index is 13.8. The molecule has 0 unspecified atom stereocenters. The minimum atomic E-state index is -4.35. The van der Waals surface area contributed by atoms with Gasteiger partial charge in [-0.25, -0.2) is 13.1 Å². The van der Waals surface area contributed by atoms with Gasteiger partial charge in [0.05, 0.1) is 16.3 Å². The number of carbonyl (C=O) groups excluding carboxylic acids is 1. The standard InChI is InChI=1S/C29H24N4O4S/c1-20-26(29(35)33(32(20)2)22-14-5-3-6-15-22)30-31-28(38(36,37)23-16-7-4-8-17-23)27(34)25-19-11-13-21-12-9-10-18-24(21)25/h3-19,30H,1-2H3/b31-28-. The lowest BCUT2D eigenvalue weighted by molar-refractivity contribution is 0.107. The molecule has 1 N–H and O–H groups in total. The van der Waals surface area contributed by atoms with E-state index >= 15 is 0 Å². The average Bonchev–Trinajstić information content (AvgIpc) is 3.16. The van der Waals surface area contributed by atoms with Gasteiger partial charge in [-0.2, -0.15) is 5.10 Å². The molecule has 5 rings (SSSR count). The van der Waals surface area contributed by atoms with Crippen LogP contribution in [-0.4, -0.2) is 28.6 Å². The third-order valence-electron chi connectivity index (χ3n) is 6.36. The molecule has 0 fully saturated rings. The van der Waals surface area contributed by atoms with E-state index in [1.165, 1.54) is 16.8 Å². The molecular weight excluding hydrogens is 500 g/mol. The number of hydrazone groups is 1. The fourth-order valence-corrected chi connectivity index (χ4v) is 5.55. The van der Waals surface area contributed by atoms with Crippen molar-refractivity contribution in [2.75, 3.05) is 5.43 Å². The highest BCUT2D eigenvalue weighted by atomic mass is 32.2. The summed E-state index contributed by atoms with van der Waals surface area (Å²) in [5.41, 5.74) is 3.57. The number of nitrogens with zero attached hydrogens (tertiary/aromatic N) is 3. The molecule has 4 aromatic carbocycles. The van der Waals surface area contributed by atoms with Crippen LogP contribution in [0.5, 0.6) is 0 Å². The Hall–Kier alpha value is -4.76. The number of hydrogen-bond acceptors (Lipinski definition) is 6. The van der Waals surface area contributed by atoms with Gasteiger partial charge >= 0.3 is 0 Å². The van der Waals surface area contributed by atoms with Crippen LogP contribution in [0.25, 0.3) is 16.5 Å². The van der Waals surface area contributed by atoms with Gasteiger partial charge in [0.15, 0.2) is 0 Å². The summed E-state index contributed by atoms with van der Waals surface area (Å²) in [7, 11) is -2.64. The van der Waals surface area contributed by atoms with Gasteiger partial charge in [0.2, 0.25) is 20.7 Å². The summed E-state index contributed by atoms with van der Waals surface area (Å²) in [6, 6.07) is 28.9. The highest BCUT2D eigenvalue weighted by molar-refractivity contribution is 8.08. The molecule has 38 heavy (non-hydrogen) atoms. The van der Waals surface area contributed by atoms with Crippen molar-refractivity contribution in [2.24, 2.45) is 12.1 Å². The molecule has 0 amide bonds. The third kappa shape index (κ3) is 4.33. The van der Waals surface area contributed by atoms with Crippen LogP contribution in [0.2, 0.25) is 0 Å². The highest BCUT2D eigenvalue weighted by Crippen LogP contribution is 2.23. The van der Waals surface area contributed by atoms with Gasteiger partial charge in [-0.15, -0.1) is 0 Å². The SMILES string of the molecule is Cc1c(N/N=C(/C(=O)c2cccc3ccccc23)S(=O)(=O)c2ccccc2)c(=O)n(-c2ccccc2)n1C. The van der Waals surface area contributed by atoms with Crippen LogP contribution in [0, 0.1) is 6.92 Å². The molecule has 0 bridgehead atoms. The van der Waals surface area contributed by atoms with E-state index in [1.807, 2.05) is 36.4 Å². The Balaban J connectivity index is 1.66. The number of aromatic nitrogens is 2. The molecule has 190 valence electrons. The molecule has 0 spiro atoms. The van der Waals surface area contributed by atoms with Gasteiger partial charge in [-0.3, -0.25) is 19.7 Å². The normalized spacial score (nSPS) is 12.0. The number of sulfone groups is 1. The van der Waals surface area contributed by atoms with Crippen LogP contribution >= 0.6 is 0 Å². The molecule has 0 saturated heterocycles. The zero-order valence-corrected chi connectivity index (χ0v) is 21.5. The number of hydrogen-bond donors (Lipinski definition) is 1. The molecule has 0 aliphatic carbocycles. The van der Waals surface area contributed by atoms with Crippen LogP contribution in [0.4, 0.5) is 5.69 Å². The van der Waals surface area contributed by atoms with Crippen LogP contribution in [-0.2, 0) is 16.9 Å². The molecule has 1 heterocycles. The second kappa shape index (κ2) is 9.95. The topological polar surface area (TPSA) is 103 Å². The Bertz CT molecular complexity index is 1850. The van der Waals surface area contributed by atoms with Crippen LogP contribution in [0.15, 0.2) is 118 Å². The molecule has 8 nitrogen and oxygen atoms in total. The van der Waals surface area contributed by atoms with Crippen molar-refractivity contribution < 1.29 is 13.2 Å². The summed E-state index contributed by atoms with van der Waals surface area (Å²) in [6.07, 6.45) is 0. The number of ketones is 1. The predicted molar refractivity (Wildman–Crippen MR) is 149 cm³/mol. The number of anilines is 1. The van der Waals surface area contributed by atoms with Crippen LogP contribution in [0.3, 0.4) is 0 Å². The molecule has 0 aliphatic rings. The van der Waals surface area contributed by atoms with Gasteiger partial charge in [-0.05, 0) is 42.0 Å². The Morgan fingerprint density at radius 3 is 2.13 bits per heavy atom. The van der Waals surface area contributed by atoms with Gasteiger partial charge in [0.1, 0.15) is 5.69 Å². The van der Waals surface area contributed by atoms with Gasteiger partial charge in [0, 0.05) is 12.6 Å². The number of benzene rings is 4. The first kappa shape index (κ1) is 24.9. The molecule has 0 aliphatic heterocycles. The zero-order valence-electron chi connectivity index (χ0n) is 20.7. The summed E-state index contributed by atoms with van der Waals surface area (Å²) in [5.74, 6) is -0.782. The van der Waals surface area contributed by atoms with Crippen LogP contribution in [0.1, 0.15) is 16.1 Å². The lowest BCUT2D eigenvalue weighted by atomic mass is 10.0. The minimum absolute atomic E-state index is 0.0582. The first-order valence-electron chi connectivity index (χ1n) is 11.8. The fraction of sp³-hybridized carbons (Fsp3) is 0.0690. The van der Waals surface area contributed by atoms with E-state index < -0.39 is 26.2 Å². The van der Waals surface area contributed by atoms with Gasteiger partial charge in [-0.1, -0.05) is 78.9 Å².